The van der Waals surface area contributed by atoms with Gasteiger partial charge in [0.1, 0.15) is 6.04 Å². The van der Waals surface area contributed by atoms with Crippen molar-refractivity contribution < 1.29 is 9.59 Å². The van der Waals surface area contributed by atoms with Crippen molar-refractivity contribution in [3.8, 4) is 0 Å². The lowest BCUT2D eigenvalue weighted by molar-refractivity contribution is -0.137. The minimum absolute atomic E-state index is 0.0364. The van der Waals surface area contributed by atoms with Gasteiger partial charge in [-0.2, -0.15) is 0 Å². The van der Waals surface area contributed by atoms with Crippen LogP contribution in [-0.4, -0.2) is 54.8 Å². The monoisotopic (exact) mass is 351 g/mol. The molecular weight excluding hydrogens is 326 g/mol. The fourth-order valence-corrected chi connectivity index (χ4v) is 3.14. The van der Waals surface area contributed by atoms with E-state index in [1.807, 2.05) is 65.6 Å². The highest BCUT2D eigenvalue weighted by Gasteiger charge is 2.29. The molecule has 2 amide bonds. The summed E-state index contributed by atoms with van der Waals surface area (Å²) in [5.74, 6) is -0.182. The third kappa shape index (κ3) is 4.70. The molecule has 5 nitrogen and oxygen atoms in total. The third-order valence-electron chi connectivity index (χ3n) is 4.71. The maximum Gasteiger partial charge on any atom is 0.249 e. The van der Waals surface area contributed by atoms with E-state index in [0.29, 0.717) is 13.1 Å². The third-order valence-corrected chi connectivity index (χ3v) is 4.71. The van der Waals surface area contributed by atoms with Crippen LogP contribution in [0.5, 0.6) is 0 Å². The number of nitrogens with zero attached hydrogens (tertiary/aromatic N) is 2. The molecule has 5 heteroatoms. The number of carbonyl (C=O) groups excluding carboxylic acids is 2. The normalized spacial score (nSPS) is 16.1. The number of amides is 2. The van der Waals surface area contributed by atoms with Gasteiger partial charge in [-0.15, -0.1) is 0 Å². The number of hydrogen-bond donors (Lipinski definition) is 1. The predicted octanol–water partition coefficient (Wildman–Crippen LogP) is 1.86. The number of hydrogen-bond acceptors (Lipinski definition) is 3. The lowest BCUT2D eigenvalue weighted by Gasteiger charge is -2.35. The quantitative estimate of drug-likeness (QED) is 0.895. The van der Waals surface area contributed by atoms with E-state index in [2.05, 4.69) is 17.3 Å². The Morgan fingerprint density at radius 1 is 0.923 bits per heavy atom. The van der Waals surface area contributed by atoms with E-state index in [1.165, 1.54) is 0 Å². The highest BCUT2D eigenvalue weighted by molar-refractivity contribution is 5.89. The summed E-state index contributed by atoms with van der Waals surface area (Å²) in [5.41, 5.74) is 1.75. The largest absolute Gasteiger partial charge is 0.340 e. The van der Waals surface area contributed by atoms with Crippen LogP contribution in [0.1, 0.15) is 17.2 Å². The van der Waals surface area contributed by atoms with E-state index in [4.69, 9.17) is 0 Å². The zero-order valence-electron chi connectivity index (χ0n) is 15.1. The van der Waals surface area contributed by atoms with Crippen LogP contribution < -0.4 is 5.32 Å². The van der Waals surface area contributed by atoms with Crippen LogP contribution in [0, 0.1) is 0 Å². The molecule has 1 heterocycles. The number of piperazine rings is 1. The molecule has 1 atom stereocenters. The van der Waals surface area contributed by atoms with Crippen molar-refractivity contribution in [1.82, 2.24) is 15.1 Å². The predicted molar refractivity (Wildman–Crippen MR) is 102 cm³/mol. The molecule has 136 valence electrons. The summed E-state index contributed by atoms with van der Waals surface area (Å²) in [6.07, 6.45) is 0.264. The smallest absolute Gasteiger partial charge is 0.249 e. The summed E-state index contributed by atoms with van der Waals surface area (Å²) in [6, 6.07) is 18.4. The zero-order valence-corrected chi connectivity index (χ0v) is 15.1. The summed E-state index contributed by atoms with van der Waals surface area (Å²) in [5, 5.41) is 2.95. The highest BCUT2D eigenvalue weighted by atomic mass is 16.2. The zero-order chi connectivity index (χ0) is 18.4. The van der Waals surface area contributed by atoms with Crippen molar-refractivity contribution in [2.75, 3.05) is 33.2 Å². The maximum atomic E-state index is 13.1. The summed E-state index contributed by atoms with van der Waals surface area (Å²) >= 11 is 0. The Morgan fingerprint density at radius 2 is 1.50 bits per heavy atom. The van der Waals surface area contributed by atoms with Crippen molar-refractivity contribution in [1.29, 1.82) is 0 Å². The summed E-state index contributed by atoms with van der Waals surface area (Å²) < 4.78 is 0. The molecule has 1 saturated heterocycles. The van der Waals surface area contributed by atoms with Gasteiger partial charge in [0.15, 0.2) is 0 Å². The van der Waals surface area contributed by atoms with E-state index < -0.39 is 6.04 Å². The van der Waals surface area contributed by atoms with E-state index in [1.54, 1.807) is 0 Å². The molecule has 1 fully saturated rings. The molecule has 0 radical (unpaired) electrons. The highest BCUT2D eigenvalue weighted by Crippen LogP contribution is 2.17. The van der Waals surface area contributed by atoms with Crippen molar-refractivity contribution in [2.45, 2.75) is 12.5 Å². The lowest BCUT2D eigenvalue weighted by atomic mass is 10.0. The van der Waals surface area contributed by atoms with Gasteiger partial charge in [0.05, 0.1) is 6.42 Å². The molecule has 0 aliphatic carbocycles. The number of benzene rings is 2. The van der Waals surface area contributed by atoms with Crippen LogP contribution in [-0.2, 0) is 16.0 Å². The van der Waals surface area contributed by atoms with Crippen molar-refractivity contribution in [2.24, 2.45) is 0 Å². The van der Waals surface area contributed by atoms with Gasteiger partial charge in [0.25, 0.3) is 0 Å². The Morgan fingerprint density at radius 3 is 2.12 bits per heavy atom. The average molecular weight is 351 g/mol. The summed E-state index contributed by atoms with van der Waals surface area (Å²) in [6.45, 7) is 3.08. The molecule has 2 aromatic rings. The topological polar surface area (TPSA) is 52.6 Å². The standard InChI is InChI=1S/C21H25N3O2/c1-23-12-14-24(15-13-23)21(26)20(18-10-6-3-7-11-18)22-19(25)16-17-8-4-2-5-9-17/h2-11,20H,12-16H2,1H3,(H,22,25)/t20-/m0/s1. The van der Waals surface area contributed by atoms with Gasteiger partial charge < -0.3 is 15.1 Å². The molecule has 3 rings (SSSR count). The molecule has 0 spiro atoms. The SMILES string of the molecule is CN1CCN(C(=O)[C@@H](NC(=O)Cc2ccccc2)c2ccccc2)CC1. The van der Waals surface area contributed by atoms with Crippen LogP contribution in [0.4, 0.5) is 0 Å². The van der Waals surface area contributed by atoms with E-state index in [0.717, 1.165) is 24.2 Å². The Bertz CT molecular complexity index is 725. The summed E-state index contributed by atoms with van der Waals surface area (Å²) in [7, 11) is 2.05. The van der Waals surface area contributed by atoms with Crippen molar-refractivity contribution >= 4 is 11.8 Å². The molecule has 0 unspecified atom stereocenters. The van der Waals surface area contributed by atoms with Gasteiger partial charge >= 0.3 is 0 Å². The number of rotatable bonds is 5. The molecule has 0 saturated carbocycles. The molecule has 1 aliphatic rings. The molecular formula is C21H25N3O2. The molecule has 26 heavy (non-hydrogen) atoms. The fraction of sp³-hybridized carbons (Fsp3) is 0.333. The number of nitrogens with one attached hydrogen (secondary N) is 1. The first-order valence-corrected chi connectivity index (χ1v) is 8.99. The van der Waals surface area contributed by atoms with E-state index >= 15 is 0 Å². The second kappa shape index (κ2) is 8.63. The van der Waals surface area contributed by atoms with Crippen LogP contribution in [0.3, 0.4) is 0 Å². The maximum absolute atomic E-state index is 13.1. The van der Waals surface area contributed by atoms with Crippen LogP contribution >= 0.6 is 0 Å². The first-order chi connectivity index (χ1) is 12.6. The lowest BCUT2D eigenvalue weighted by Crippen LogP contribution is -2.51. The molecule has 0 bridgehead atoms. The van der Waals surface area contributed by atoms with Crippen LogP contribution in [0.2, 0.25) is 0 Å². The van der Waals surface area contributed by atoms with Crippen molar-refractivity contribution in [3.05, 3.63) is 71.8 Å². The number of carbonyl (C=O) groups is 2. The summed E-state index contributed by atoms with van der Waals surface area (Å²) in [4.78, 5) is 29.7. The Labute approximate surface area is 154 Å². The fourth-order valence-electron chi connectivity index (χ4n) is 3.14. The Kier molecular flexibility index (Phi) is 6.02. The first kappa shape index (κ1) is 18.1. The first-order valence-electron chi connectivity index (χ1n) is 8.99. The van der Waals surface area contributed by atoms with Gasteiger partial charge in [0, 0.05) is 26.2 Å². The van der Waals surface area contributed by atoms with Crippen LogP contribution in [0.25, 0.3) is 0 Å². The van der Waals surface area contributed by atoms with E-state index in [-0.39, 0.29) is 18.2 Å². The Balaban J connectivity index is 1.73. The van der Waals surface area contributed by atoms with Gasteiger partial charge in [-0.3, -0.25) is 9.59 Å². The molecule has 1 N–H and O–H groups in total. The van der Waals surface area contributed by atoms with E-state index in [9.17, 15) is 9.59 Å². The van der Waals surface area contributed by atoms with Crippen LogP contribution in [0.15, 0.2) is 60.7 Å². The van der Waals surface area contributed by atoms with Gasteiger partial charge in [-0.25, -0.2) is 0 Å². The number of likely N-dealkylation sites (N-methyl/N-ethyl adjacent to an activating group) is 1. The van der Waals surface area contributed by atoms with Crippen molar-refractivity contribution in [3.63, 3.8) is 0 Å². The Hall–Kier alpha value is -2.66. The molecule has 1 aliphatic heterocycles. The minimum Gasteiger partial charge on any atom is -0.340 e. The second-order valence-electron chi connectivity index (χ2n) is 6.70. The van der Waals surface area contributed by atoms with Gasteiger partial charge in [-0.1, -0.05) is 60.7 Å². The molecule has 2 aromatic carbocycles. The molecule has 0 aromatic heterocycles. The minimum atomic E-state index is -0.643. The van der Waals surface area contributed by atoms with Gasteiger partial charge in [-0.05, 0) is 18.2 Å². The average Bonchev–Trinajstić information content (AvgIpc) is 2.68. The second-order valence-corrected chi connectivity index (χ2v) is 6.70. The van der Waals surface area contributed by atoms with Gasteiger partial charge in [0.2, 0.25) is 11.8 Å².